The summed E-state index contributed by atoms with van der Waals surface area (Å²) in [4.78, 5) is 26.2. The van der Waals surface area contributed by atoms with Gasteiger partial charge in [0.05, 0.1) is 13.2 Å². The molecule has 21 heavy (non-hydrogen) atoms. The van der Waals surface area contributed by atoms with Gasteiger partial charge in [0.2, 0.25) is 5.91 Å². The van der Waals surface area contributed by atoms with Crippen molar-refractivity contribution in [2.75, 3.05) is 32.8 Å². The third-order valence-electron chi connectivity index (χ3n) is 3.30. The van der Waals surface area contributed by atoms with Gasteiger partial charge in [-0.2, -0.15) is 0 Å². The van der Waals surface area contributed by atoms with Crippen LogP contribution in [0.1, 0.15) is 34.1 Å². The second kappa shape index (κ2) is 8.87. The number of nitrogens with one attached hydrogen (secondary N) is 2. The minimum atomic E-state index is -0.463. The van der Waals surface area contributed by atoms with E-state index >= 15 is 0 Å². The molecule has 0 aromatic carbocycles. The van der Waals surface area contributed by atoms with Gasteiger partial charge in [0.15, 0.2) is 0 Å². The number of amides is 3. The van der Waals surface area contributed by atoms with Crippen molar-refractivity contribution >= 4 is 11.9 Å². The average molecular weight is 299 g/mol. The quantitative estimate of drug-likeness (QED) is 0.774. The topological polar surface area (TPSA) is 70.7 Å². The van der Waals surface area contributed by atoms with Crippen LogP contribution in [-0.2, 0) is 9.53 Å². The molecule has 122 valence electrons. The van der Waals surface area contributed by atoms with Gasteiger partial charge in [-0.3, -0.25) is 4.79 Å². The maximum atomic E-state index is 12.5. The van der Waals surface area contributed by atoms with Crippen molar-refractivity contribution < 1.29 is 14.3 Å². The third-order valence-corrected chi connectivity index (χ3v) is 3.30. The second-order valence-electron chi connectivity index (χ2n) is 6.37. The highest BCUT2D eigenvalue weighted by molar-refractivity contribution is 5.87. The molecule has 1 aliphatic heterocycles. The number of ether oxygens (including phenoxy) is 1. The molecule has 0 aromatic heterocycles. The zero-order valence-corrected chi connectivity index (χ0v) is 13.6. The first-order chi connectivity index (χ1) is 9.90. The van der Waals surface area contributed by atoms with Crippen molar-refractivity contribution in [1.82, 2.24) is 15.5 Å². The van der Waals surface area contributed by atoms with Crippen LogP contribution in [-0.4, -0.2) is 55.7 Å². The largest absolute Gasteiger partial charge is 0.378 e. The summed E-state index contributed by atoms with van der Waals surface area (Å²) in [6.07, 6.45) is 0.644. The Morgan fingerprint density at radius 3 is 2.24 bits per heavy atom. The molecule has 0 aromatic rings. The fraction of sp³-hybridized carbons (Fsp3) is 0.867. The molecule has 1 atom stereocenters. The lowest BCUT2D eigenvalue weighted by atomic mass is 10.0. The minimum Gasteiger partial charge on any atom is -0.378 e. The molecule has 6 heteroatoms. The molecule has 0 radical (unpaired) electrons. The first-order valence-electron chi connectivity index (χ1n) is 7.81. The van der Waals surface area contributed by atoms with Gasteiger partial charge >= 0.3 is 6.03 Å². The van der Waals surface area contributed by atoms with E-state index in [0.717, 1.165) is 0 Å². The Labute approximate surface area is 127 Å². The lowest BCUT2D eigenvalue weighted by Crippen LogP contribution is -2.54. The molecule has 1 aliphatic rings. The number of hydrogen-bond donors (Lipinski definition) is 2. The molecule has 0 aliphatic carbocycles. The molecule has 6 nitrogen and oxygen atoms in total. The lowest BCUT2D eigenvalue weighted by Gasteiger charge is -2.31. The standard InChI is InChI=1S/C15H29N3O3/c1-11(2)9-13(17-15(20)16-10-12(3)4)14(19)18-5-7-21-8-6-18/h11-13H,5-10H2,1-4H3,(H2,16,17,20). The average Bonchev–Trinajstić information content (AvgIpc) is 2.44. The summed E-state index contributed by atoms with van der Waals surface area (Å²) in [6, 6.07) is -0.730. The zero-order chi connectivity index (χ0) is 15.8. The van der Waals surface area contributed by atoms with E-state index in [1.54, 1.807) is 4.90 Å². The number of morpholine rings is 1. The van der Waals surface area contributed by atoms with E-state index in [9.17, 15) is 9.59 Å². The predicted molar refractivity (Wildman–Crippen MR) is 82.0 cm³/mol. The van der Waals surface area contributed by atoms with Crippen LogP contribution >= 0.6 is 0 Å². The molecule has 0 bridgehead atoms. The predicted octanol–water partition coefficient (Wildman–Crippen LogP) is 1.22. The maximum absolute atomic E-state index is 12.5. The van der Waals surface area contributed by atoms with E-state index in [2.05, 4.69) is 10.6 Å². The van der Waals surface area contributed by atoms with Crippen molar-refractivity contribution in [2.24, 2.45) is 11.8 Å². The number of nitrogens with zero attached hydrogens (tertiary/aromatic N) is 1. The highest BCUT2D eigenvalue weighted by Gasteiger charge is 2.27. The highest BCUT2D eigenvalue weighted by Crippen LogP contribution is 2.09. The van der Waals surface area contributed by atoms with Gasteiger partial charge in [0.1, 0.15) is 6.04 Å². The summed E-state index contributed by atoms with van der Waals surface area (Å²) in [6.45, 7) is 11.1. The molecular formula is C15H29N3O3. The molecule has 0 spiro atoms. The van der Waals surface area contributed by atoms with Crippen molar-refractivity contribution in [3.8, 4) is 0 Å². The normalized spacial score (nSPS) is 17.0. The summed E-state index contributed by atoms with van der Waals surface area (Å²) in [5, 5.41) is 5.62. The van der Waals surface area contributed by atoms with Crippen molar-refractivity contribution in [3.63, 3.8) is 0 Å². The molecule has 0 saturated carbocycles. The summed E-state index contributed by atoms with van der Waals surface area (Å²) in [7, 11) is 0. The Bertz CT molecular complexity index is 339. The number of urea groups is 1. The van der Waals surface area contributed by atoms with E-state index in [4.69, 9.17) is 4.74 Å². The van der Waals surface area contributed by atoms with E-state index < -0.39 is 6.04 Å². The Morgan fingerprint density at radius 2 is 1.71 bits per heavy atom. The van der Waals surface area contributed by atoms with Crippen LogP contribution < -0.4 is 10.6 Å². The molecule has 1 heterocycles. The molecule has 1 fully saturated rings. The van der Waals surface area contributed by atoms with Crippen LogP contribution in [0.25, 0.3) is 0 Å². The van der Waals surface area contributed by atoms with Crippen LogP contribution in [0.4, 0.5) is 4.79 Å². The molecule has 2 N–H and O–H groups in total. The lowest BCUT2D eigenvalue weighted by molar-refractivity contribution is -0.137. The number of carbonyl (C=O) groups is 2. The summed E-state index contributed by atoms with van der Waals surface area (Å²) in [5.74, 6) is 0.714. The summed E-state index contributed by atoms with van der Waals surface area (Å²) in [5.41, 5.74) is 0. The number of carbonyl (C=O) groups excluding carboxylic acids is 2. The molecular weight excluding hydrogens is 270 g/mol. The Morgan fingerprint density at radius 1 is 1.10 bits per heavy atom. The van der Waals surface area contributed by atoms with Crippen molar-refractivity contribution in [1.29, 1.82) is 0 Å². The van der Waals surface area contributed by atoms with Crippen molar-refractivity contribution in [2.45, 2.75) is 40.2 Å². The van der Waals surface area contributed by atoms with Crippen LogP contribution in [0.2, 0.25) is 0 Å². The first kappa shape index (κ1) is 17.8. The first-order valence-corrected chi connectivity index (χ1v) is 7.81. The van der Waals surface area contributed by atoms with Crippen LogP contribution in [0.3, 0.4) is 0 Å². The molecule has 1 unspecified atom stereocenters. The number of hydrogen-bond acceptors (Lipinski definition) is 3. The van der Waals surface area contributed by atoms with Gasteiger partial charge in [-0.05, 0) is 18.3 Å². The Kier molecular flexibility index (Phi) is 7.50. The van der Waals surface area contributed by atoms with E-state index in [1.165, 1.54) is 0 Å². The fourth-order valence-electron chi connectivity index (χ4n) is 2.20. The summed E-state index contributed by atoms with van der Waals surface area (Å²) >= 11 is 0. The second-order valence-corrected chi connectivity index (χ2v) is 6.37. The highest BCUT2D eigenvalue weighted by atomic mass is 16.5. The molecule has 1 saturated heterocycles. The van der Waals surface area contributed by atoms with Gasteiger partial charge < -0.3 is 20.3 Å². The van der Waals surface area contributed by atoms with Gasteiger partial charge in [-0.25, -0.2) is 4.79 Å². The summed E-state index contributed by atoms with van der Waals surface area (Å²) < 4.78 is 5.26. The fourth-order valence-corrected chi connectivity index (χ4v) is 2.20. The Hall–Kier alpha value is -1.30. The minimum absolute atomic E-state index is 0.00769. The molecule has 3 amide bonds. The Balaban J connectivity index is 2.57. The van der Waals surface area contributed by atoms with E-state index in [1.807, 2.05) is 27.7 Å². The van der Waals surface area contributed by atoms with Crippen LogP contribution in [0.15, 0.2) is 0 Å². The van der Waals surface area contributed by atoms with Gasteiger partial charge in [0, 0.05) is 19.6 Å². The van der Waals surface area contributed by atoms with E-state index in [-0.39, 0.29) is 11.9 Å². The monoisotopic (exact) mass is 299 g/mol. The van der Waals surface area contributed by atoms with Gasteiger partial charge in [-0.1, -0.05) is 27.7 Å². The number of rotatable bonds is 6. The van der Waals surface area contributed by atoms with Gasteiger partial charge in [-0.15, -0.1) is 0 Å². The van der Waals surface area contributed by atoms with Crippen LogP contribution in [0, 0.1) is 11.8 Å². The SMILES string of the molecule is CC(C)CNC(=O)NC(CC(C)C)C(=O)N1CCOCC1. The van der Waals surface area contributed by atoms with Gasteiger partial charge in [0.25, 0.3) is 0 Å². The third kappa shape index (κ3) is 6.80. The zero-order valence-electron chi connectivity index (χ0n) is 13.6. The smallest absolute Gasteiger partial charge is 0.315 e. The molecule has 1 rings (SSSR count). The maximum Gasteiger partial charge on any atom is 0.315 e. The van der Waals surface area contributed by atoms with E-state index in [0.29, 0.717) is 51.1 Å². The van der Waals surface area contributed by atoms with Crippen molar-refractivity contribution in [3.05, 3.63) is 0 Å². The van der Waals surface area contributed by atoms with Crippen LogP contribution in [0.5, 0.6) is 0 Å².